The zero-order valence-electron chi connectivity index (χ0n) is 13.1. The lowest BCUT2D eigenvalue weighted by Crippen LogP contribution is -2.35. The lowest BCUT2D eigenvalue weighted by molar-refractivity contribution is -0.146. The Morgan fingerprint density at radius 1 is 1.38 bits per heavy atom. The summed E-state index contributed by atoms with van der Waals surface area (Å²) < 4.78 is 10.1. The van der Waals surface area contributed by atoms with Gasteiger partial charge in [-0.15, -0.1) is 0 Å². The minimum atomic E-state index is -1.04. The third-order valence-corrected chi connectivity index (χ3v) is 3.51. The molecule has 0 aromatic heterocycles. The van der Waals surface area contributed by atoms with Crippen LogP contribution in [-0.2, 0) is 19.1 Å². The molecule has 0 spiro atoms. The van der Waals surface area contributed by atoms with Crippen molar-refractivity contribution in [1.82, 2.24) is 5.43 Å². The Kier molecular flexibility index (Phi) is 5.75. The van der Waals surface area contributed by atoms with Gasteiger partial charge in [-0.3, -0.25) is 9.59 Å². The number of carbonyl (C=O) groups is 3. The molecule has 128 valence electrons. The molecule has 0 bridgehead atoms. The maximum atomic E-state index is 12.1. The van der Waals surface area contributed by atoms with Gasteiger partial charge in [0.1, 0.15) is 11.5 Å². The van der Waals surface area contributed by atoms with Gasteiger partial charge in [-0.1, -0.05) is 11.6 Å². The van der Waals surface area contributed by atoms with Crippen LogP contribution >= 0.6 is 11.6 Å². The number of anilines is 1. The molecule has 1 aromatic carbocycles. The van der Waals surface area contributed by atoms with E-state index < -0.39 is 18.0 Å². The van der Waals surface area contributed by atoms with Crippen LogP contribution in [0, 0.1) is 0 Å². The summed E-state index contributed by atoms with van der Waals surface area (Å²) in [7, 11) is 1.48. The average molecular weight is 354 g/mol. The SMILES string of the molecule is COc1ccc(NC(=O)[C@H](C)OC(=O)C2=NNC(=O)CC2)cc1Cl. The van der Waals surface area contributed by atoms with Crippen molar-refractivity contribution >= 4 is 40.8 Å². The van der Waals surface area contributed by atoms with E-state index in [4.69, 9.17) is 21.1 Å². The normalized spacial score (nSPS) is 15.0. The fourth-order valence-corrected chi connectivity index (χ4v) is 2.15. The van der Waals surface area contributed by atoms with Crippen LogP contribution in [0.3, 0.4) is 0 Å². The number of esters is 1. The van der Waals surface area contributed by atoms with Crippen molar-refractivity contribution in [3.63, 3.8) is 0 Å². The Hall–Kier alpha value is -2.61. The average Bonchev–Trinajstić information content (AvgIpc) is 2.55. The molecule has 0 aliphatic carbocycles. The predicted octanol–water partition coefficient (Wildman–Crippen LogP) is 1.48. The molecule has 0 radical (unpaired) electrons. The number of hydrazone groups is 1. The number of hydrogen-bond acceptors (Lipinski definition) is 6. The molecular formula is C15H16ClN3O5. The van der Waals surface area contributed by atoms with E-state index in [1.165, 1.54) is 20.1 Å². The first-order valence-electron chi connectivity index (χ1n) is 7.11. The van der Waals surface area contributed by atoms with Gasteiger partial charge in [-0.05, 0) is 25.1 Å². The van der Waals surface area contributed by atoms with E-state index in [1.54, 1.807) is 12.1 Å². The number of benzene rings is 1. The maximum Gasteiger partial charge on any atom is 0.355 e. The van der Waals surface area contributed by atoms with Crippen molar-refractivity contribution in [3.05, 3.63) is 23.2 Å². The predicted molar refractivity (Wildman–Crippen MR) is 87.0 cm³/mol. The zero-order valence-corrected chi connectivity index (χ0v) is 13.8. The second-order valence-electron chi connectivity index (χ2n) is 4.98. The summed E-state index contributed by atoms with van der Waals surface area (Å²) in [4.78, 5) is 34.9. The lowest BCUT2D eigenvalue weighted by Gasteiger charge is -2.16. The second-order valence-corrected chi connectivity index (χ2v) is 5.39. The summed E-state index contributed by atoms with van der Waals surface area (Å²) >= 11 is 5.98. The molecule has 0 unspecified atom stereocenters. The van der Waals surface area contributed by atoms with Crippen LogP contribution in [0.2, 0.25) is 5.02 Å². The third-order valence-electron chi connectivity index (χ3n) is 3.21. The smallest absolute Gasteiger partial charge is 0.355 e. The van der Waals surface area contributed by atoms with Gasteiger partial charge in [0.2, 0.25) is 5.91 Å². The van der Waals surface area contributed by atoms with Gasteiger partial charge in [-0.25, -0.2) is 10.2 Å². The molecular weight excluding hydrogens is 338 g/mol. The first-order valence-corrected chi connectivity index (χ1v) is 7.49. The number of carbonyl (C=O) groups excluding carboxylic acids is 3. The van der Waals surface area contributed by atoms with Crippen LogP contribution < -0.4 is 15.5 Å². The molecule has 0 fully saturated rings. The second kappa shape index (κ2) is 7.78. The van der Waals surface area contributed by atoms with Crippen molar-refractivity contribution < 1.29 is 23.9 Å². The number of rotatable bonds is 5. The fraction of sp³-hybridized carbons (Fsp3) is 0.333. The van der Waals surface area contributed by atoms with E-state index in [0.29, 0.717) is 16.5 Å². The topological polar surface area (TPSA) is 106 Å². The van der Waals surface area contributed by atoms with Gasteiger partial charge in [0.25, 0.3) is 5.91 Å². The summed E-state index contributed by atoms with van der Waals surface area (Å²) in [6, 6.07) is 4.74. The molecule has 0 saturated carbocycles. The van der Waals surface area contributed by atoms with E-state index in [9.17, 15) is 14.4 Å². The first kappa shape index (κ1) is 17.7. The number of methoxy groups -OCH3 is 1. The first-order chi connectivity index (χ1) is 11.4. The van der Waals surface area contributed by atoms with Crippen LogP contribution in [-0.4, -0.2) is 36.7 Å². The largest absolute Gasteiger partial charge is 0.495 e. The highest BCUT2D eigenvalue weighted by Gasteiger charge is 2.24. The molecule has 2 rings (SSSR count). The van der Waals surface area contributed by atoms with Crippen LogP contribution in [0.25, 0.3) is 0 Å². The molecule has 1 aliphatic heterocycles. The Balaban J connectivity index is 1.93. The molecule has 0 saturated heterocycles. The Labute approximate surface area is 143 Å². The van der Waals surface area contributed by atoms with Gasteiger partial charge < -0.3 is 14.8 Å². The number of nitrogens with one attached hydrogen (secondary N) is 2. The number of amides is 2. The van der Waals surface area contributed by atoms with Gasteiger partial charge in [0.05, 0.1) is 12.1 Å². The van der Waals surface area contributed by atoms with E-state index >= 15 is 0 Å². The minimum Gasteiger partial charge on any atom is -0.495 e. The molecule has 1 heterocycles. The van der Waals surface area contributed by atoms with Crippen molar-refractivity contribution in [2.75, 3.05) is 12.4 Å². The standard InChI is InChI=1S/C15H16ClN3O5/c1-8(24-15(22)11-4-6-13(20)19-18-11)14(21)17-9-3-5-12(23-2)10(16)7-9/h3,5,7-8H,4,6H2,1-2H3,(H,17,21)(H,19,20)/t8-/m0/s1. The summed E-state index contributed by atoms with van der Waals surface area (Å²) in [6.45, 7) is 1.43. The monoisotopic (exact) mass is 353 g/mol. The van der Waals surface area contributed by atoms with E-state index in [0.717, 1.165) is 0 Å². The number of ether oxygens (including phenoxy) is 2. The molecule has 2 N–H and O–H groups in total. The maximum absolute atomic E-state index is 12.1. The summed E-state index contributed by atoms with van der Waals surface area (Å²) in [5.74, 6) is -1.06. The Bertz CT molecular complexity index is 704. The summed E-state index contributed by atoms with van der Waals surface area (Å²) in [5, 5.41) is 6.54. The molecule has 9 heteroatoms. The fourth-order valence-electron chi connectivity index (χ4n) is 1.89. The van der Waals surface area contributed by atoms with Gasteiger partial charge >= 0.3 is 5.97 Å². The van der Waals surface area contributed by atoms with Crippen LogP contribution in [0.15, 0.2) is 23.3 Å². The van der Waals surface area contributed by atoms with Crippen molar-refractivity contribution in [1.29, 1.82) is 0 Å². The van der Waals surface area contributed by atoms with Gasteiger partial charge in [-0.2, -0.15) is 5.10 Å². The van der Waals surface area contributed by atoms with E-state index in [-0.39, 0.29) is 24.5 Å². The van der Waals surface area contributed by atoms with Crippen molar-refractivity contribution in [2.24, 2.45) is 5.10 Å². The lowest BCUT2D eigenvalue weighted by atomic mass is 10.2. The summed E-state index contributed by atoms with van der Waals surface area (Å²) in [5.41, 5.74) is 2.71. The Morgan fingerprint density at radius 2 is 2.12 bits per heavy atom. The van der Waals surface area contributed by atoms with Crippen LogP contribution in [0.4, 0.5) is 5.69 Å². The van der Waals surface area contributed by atoms with Gasteiger partial charge in [0, 0.05) is 18.5 Å². The van der Waals surface area contributed by atoms with Crippen LogP contribution in [0.1, 0.15) is 19.8 Å². The molecule has 2 amide bonds. The summed E-state index contributed by atoms with van der Waals surface area (Å²) in [6.07, 6.45) is -0.718. The molecule has 24 heavy (non-hydrogen) atoms. The molecule has 1 atom stereocenters. The minimum absolute atomic E-state index is 0.0711. The van der Waals surface area contributed by atoms with E-state index in [2.05, 4.69) is 15.8 Å². The highest BCUT2D eigenvalue weighted by molar-refractivity contribution is 6.37. The van der Waals surface area contributed by atoms with Crippen molar-refractivity contribution in [3.8, 4) is 5.75 Å². The Morgan fingerprint density at radius 3 is 2.71 bits per heavy atom. The molecule has 8 nitrogen and oxygen atoms in total. The highest BCUT2D eigenvalue weighted by Crippen LogP contribution is 2.27. The quantitative estimate of drug-likeness (QED) is 0.780. The van der Waals surface area contributed by atoms with E-state index in [1.807, 2.05) is 0 Å². The molecule has 1 aromatic rings. The number of nitrogens with zero attached hydrogens (tertiary/aromatic N) is 1. The van der Waals surface area contributed by atoms with Gasteiger partial charge in [0.15, 0.2) is 6.10 Å². The number of halogens is 1. The third kappa shape index (κ3) is 4.45. The van der Waals surface area contributed by atoms with Crippen LogP contribution in [0.5, 0.6) is 5.75 Å². The highest BCUT2D eigenvalue weighted by atomic mass is 35.5. The molecule has 1 aliphatic rings. The van der Waals surface area contributed by atoms with Crippen molar-refractivity contribution in [2.45, 2.75) is 25.9 Å². The zero-order chi connectivity index (χ0) is 17.7. The number of hydrogen-bond donors (Lipinski definition) is 2.